The van der Waals surface area contributed by atoms with Crippen LogP contribution in [0.3, 0.4) is 0 Å². The highest BCUT2D eigenvalue weighted by Crippen LogP contribution is 2.31. The van der Waals surface area contributed by atoms with Gasteiger partial charge in [-0.3, -0.25) is 9.59 Å². The van der Waals surface area contributed by atoms with E-state index < -0.39 is 17.6 Å². The topological polar surface area (TPSA) is 67.4 Å². The summed E-state index contributed by atoms with van der Waals surface area (Å²) < 4.78 is 44.9. The molecule has 5 nitrogen and oxygen atoms in total. The summed E-state index contributed by atoms with van der Waals surface area (Å²) in [5.41, 5.74) is 1.02. The van der Waals surface area contributed by atoms with E-state index >= 15 is 0 Å². The van der Waals surface area contributed by atoms with Crippen LogP contribution in [0.2, 0.25) is 0 Å². The molecule has 0 radical (unpaired) electrons. The Labute approximate surface area is 209 Å². The second-order valence-corrected chi connectivity index (χ2v) is 8.80. The molecule has 1 unspecified atom stereocenters. The monoisotopic (exact) mass is 548 g/mol. The minimum absolute atomic E-state index is 0.0303. The molecule has 0 spiro atoms. The van der Waals surface area contributed by atoms with Crippen molar-refractivity contribution in [2.45, 2.75) is 32.4 Å². The molecule has 0 saturated heterocycles. The van der Waals surface area contributed by atoms with Crippen molar-refractivity contribution in [3.63, 3.8) is 0 Å². The summed E-state index contributed by atoms with van der Waals surface area (Å²) in [5, 5.41) is 5.11. The molecule has 2 N–H and O–H groups in total. The quantitative estimate of drug-likeness (QED) is 0.311. The highest BCUT2D eigenvalue weighted by molar-refractivity contribution is 9.10. The summed E-state index contributed by atoms with van der Waals surface area (Å²) in [6.45, 7) is 4.04. The Hall–Kier alpha value is -3.33. The summed E-state index contributed by atoms with van der Waals surface area (Å²) in [4.78, 5) is 24.6. The Bertz CT molecular complexity index is 1200. The molecular weight excluding hydrogens is 525 g/mol. The molecule has 0 heterocycles. The Kier molecular flexibility index (Phi) is 8.56. The van der Waals surface area contributed by atoms with Gasteiger partial charge in [-0.05, 0) is 88.4 Å². The lowest BCUT2D eigenvalue weighted by atomic mass is 9.99. The highest BCUT2D eigenvalue weighted by Gasteiger charge is 2.30. The number of hydrogen-bond donors (Lipinski definition) is 2. The van der Waals surface area contributed by atoms with Crippen molar-refractivity contribution < 1.29 is 27.5 Å². The van der Waals surface area contributed by atoms with Gasteiger partial charge in [0.05, 0.1) is 10.0 Å². The third-order valence-electron chi connectivity index (χ3n) is 5.37. The van der Waals surface area contributed by atoms with Crippen LogP contribution in [-0.4, -0.2) is 18.4 Å². The van der Waals surface area contributed by atoms with Gasteiger partial charge >= 0.3 is 6.18 Å². The van der Waals surface area contributed by atoms with Crippen LogP contribution in [0.1, 0.15) is 47.7 Å². The first-order valence-corrected chi connectivity index (χ1v) is 11.7. The minimum atomic E-state index is -4.50. The standard InChI is InChI=1S/C26H24BrF3N2O3/c1-3-16(2)18-9-12-23(22(27)13-18)35-15-24(33)31-20-10-7-17(8-11-20)25(34)32-21-6-4-5-19(14-21)26(28,29)30/h4-14,16H,3,15H2,1-2H3,(H,31,33)(H,32,34). The first kappa shape index (κ1) is 26.3. The van der Waals surface area contributed by atoms with Crippen LogP contribution in [0.5, 0.6) is 5.75 Å². The normalized spacial score (nSPS) is 12.1. The number of rotatable bonds is 8. The number of anilines is 2. The molecule has 3 aromatic carbocycles. The second kappa shape index (κ2) is 11.4. The van der Waals surface area contributed by atoms with Crippen molar-refractivity contribution in [1.29, 1.82) is 0 Å². The molecule has 0 fully saturated rings. The Morgan fingerprint density at radius 1 is 0.971 bits per heavy atom. The molecule has 0 aliphatic carbocycles. The van der Waals surface area contributed by atoms with Crippen LogP contribution < -0.4 is 15.4 Å². The van der Waals surface area contributed by atoms with Crippen LogP contribution in [0.15, 0.2) is 71.2 Å². The van der Waals surface area contributed by atoms with Crippen molar-refractivity contribution in [3.05, 3.63) is 87.9 Å². The van der Waals surface area contributed by atoms with Gasteiger partial charge in [0.25, 0.3) is 11.8 Å². The van der Waals surface area contributed by atoms with E-state index in [1.54, 1.807) is 0 Å². The van der Waals surface area contributed by atoms with Gasteiger partial charge in [-0.1, -0.05) is 26.0 Å². The third kappa shape index (κ3) is 7.32. The molecule has 0 aliphatic heterocycles. The molecule has 0 bridgehead atoms. The zero-order valence-electron chi connectivity index (χ0n) is 19.1. The summed E-state index contributed by atoms with van der Waals surface area (Å²) in [5.74, 6) is 0.00728. The van der Waals surface area contributed by atoms with Gasteiger partial charge in [0.2, 0.25) is 0 Å². The Morgan fingerprint density at radius 2 is 1.69 bits per heavy atom. The Morgan fingerprint density at radius 3 is 2.31 bits per heavy atom. The van der Waals surface area contributed by atoms with E-state index in [4.69, 9.17) is 4.74 Å². The molecule has 3 rings (SSSR count). The van der Waals surface area contributed by atoms with E-state index in [0.717, 1.165) is 23.0 Å². The zero-order chi connectivity index (χ0) is 25.6. The zero-order valence-corrected chi connectivity index (χ0v) is 20.7. The average Bonchev–Trinajstić information content (AvgIpc) is 2.82. The number of carbonyl (C=O) groups excluding carboxylic acids is 2. The second-order valence-electron chi connectivity index (χ2n) is 7.95. The molecule has 9 heteroatoms. The van der Waals surface area contributed by atoms with Gasteiger partial charge < -0.3 is 15.4 Å². The molecule has 2 amide bonds. The van der Waals surface area contributed by atoms with Gasteiger partial charge in [0.15, 0.2) is 6.61 Å². The molecule has 0 aliphatic rings. The van der Waals surface area contributed by atoms with Crippen LogP contribution in [0.25, 0.3) is 0 Å². The number of halogens is 4. The van der Waals surface area contributed by atoms with Crippen LogP contribution in [-0.2, 0) is 11.0 Å². The maximum absolute atomic E-state index is 12.8. The molecule has 184 valence electrons. The van der Waals surface area contributed by atoms with Gasteiger partial charge in [0.1, 0.15) is 5.75 Å². The van der Waals surface area contributed by atoms with Gasteiger partial charge in [-0.25, -0.2) is 0 Å². The minimum Gasteiger partial charge on any atom is -0.483 e. The van der Waals surface area contributed by atoms with Crippen molar-refractivity contribution in [3.8, 4) is 5.75 Å². The Balaban J connectivity index is 1.54. The lowest BCUT2D eigenvalue weighted by molar-refractivity contribution is -0.137. The smallest absolute Gasteiger partial charge is 0.416 e. The maximum Gasteiger partial charge on any atom is 0.416 e. The van der Waals surface area contributed by atoms with E-state index in [9.17, 15) is 22.8 Å². The summed E-state index contributed by atoms with van der Waals surface area (Å²) in [6, 6.07) is 16.1. The molecule has 1 atom stereocenters. The van der Waals surface area contributed by atoms with Gasteiger partial charge in [-0.2, -0.15) is 13.2 Å². The van der Waals surface area contributed by atoms with E-state index in [-0.39, 0.29) is 23.8 Å². The molecule has 0 saturated carbocycles. The number of nitrogens with one attached hydrogen (secondary N) is 2. The van der Waals surface area contributed by atoms with Gasteiger partial charge in [0, 0.05) is 16.9 Å². The SMILES string of the molecule is CCC(C)c1ccc(OCC(=O)Nc2ccc(C(=O)Nc3cccc(C(F)(F)F)c3)cc2)c(Br)c1. The summed E-state index contributed by atoms with van der Waals surface area (Å²) >= 11 is 3.47. The van der Waals surface area contributed by atoms with E-state index in [2.05, 4.69) is 40.4 Å². The fraction of sp³-hybridized carbons (Fsp3) is 0.231. The van der Waals surface area contributed by atoms with Crippen molar-refractivity contribution in [2.24, 2.45) is 0 Å². The highest BCUT2D eigenvalue weighted by atomic mass is 79.9. The molecule has 0 aromatic heterocycles. The average molecular weight is 549 g/mol. The summed E-state index contributed by atoms with van der Waals surface area (Å²) in [7, 11) is 0. The van der Waals surface area contributed by atoms with E-state index in [1.807, 2.05) is 18.2 Å². The predicted octanol–water partition coefficient (Wildman–Crippen LogP) is 7.25. The number of carbonyl (C=O) groups is 2. The van der Waals surface area contributed by atoms with Crippen LogP contribution >= 0.6 is 15.9 Å². The van der Waals surface area contributed by atoms with Crippen molar-refractivity contribution in [1.82, 2.24) is 0 Å². The predicted molar refractivity (Wildman–Crippen MR) is 133 cm³/mol. The molecular formula is C26H24BrF3N2O3. The fourth-order valence-electron chi connectivity index (χ4n) is 3.20. The lowest BCUT2D eigenvalue weighted by Gasteiger charge is -2.13. The lowest BCUT2D eigenvalue weighted by Crippen LogP contribution is -2.20. The first-order valence-electron chi connectivity index (χ1n) is 10.9. The maximum atomic E-state index is 12.8. The van der Waals surface area contributed by atoms with Crippen LogP contribution in [0, 0.1) is 0 Å². The first-order chi connectivity index (χ1) is 16.6. The van der Waals surface area contributed by atoms with E-state index in [0.29, 0.717) is 17.4 Å². The molecule has 35 heavy (non-hydrogen) atoms. The number of benzene rings is 3. The third-order valence-corrected chi connectivity index (χ3v) is 5.99. The number of amides is 2. The van der Waals surface area contributed by atoms with Gasteiger partial charge in [-0.15, -0.1) is 0 Å². The molecule has 3 aromatic rings. The number of alkyl halides is 3. The van der Waals surface area contributed by atoms with Crippen molar-refractivity contribution in [2.75, 3.05) is 17.2 Å². The summed E-state index contributed by atoms with van der Waals surface area (Å²) in [6.07, 6.45) is -3.49. The largest absolute Gasteiger partial charge is 0.483 e. The fourth-order valence-corrected chi connectivity index (χ4v) is 3.71. The van der Waals surface area contributed by atoms with E-state index in [1.165, 1.54) is 42.0 Å². The number of hydrogen-bond acceptors (Lipinski definition) is 3. The van der Waals surface area contributed by atoms with Crippen LogP contribution in [0.4, 0.5) is 24.5 Å². The number of ether oxygens (including phenoxy) is 1. The van der Waals surface area contributed by atoms with Crippen molar-refractivity contribution >= 4 is 39.1 Å².